The maximum Gasteiger partial charge on any atom is 0.232 e. The van der Waals surface area contributed by atoms with Crippen LogP contribution in [0.1, 0.15) is 11.4 Å². The first-order valence-corrected chi connectivity index (χ1v) is 5.46. The van der Waals surface area contributed by atoms with E-state index in [-0.39, 0.29) is 5.91 Å². The number of carbonyl (C=O) groups is 1. The van der Waals surface area contributed by atoms with Crippen LogP contribution in [0.5, 0.6) is 0 Å². The quantitative estimate of drug-likeness (QED) is 0.795. The highest BCUT2D eigenvalue weighted by Gasteiger charge is 2.46. The molecule has 5 heteroatoms. The number of aromatic amines is 1. The number of rotatable bonds is 2. The van der Waals surface area contributed by atoms with Gasteiger partial charge in [0.25, 0.3) is 0 Å². The molecule has 1 aromatic heterocycles. The third-order valence-electron chi connectivity index (χ3n) is 3.32. The minimum absolute atomic E-state index is 0.334. The molecular weight excluding hydrogens is 218 g/mol. The lowest BCUT2D eigenvalue weighted by Crippen LogP contribution is -2.56. The topological polar surface area (TPSA) is 81.0 Å². The summed E-state index contributed by atoms with van der Waals surface area (Å²) < 4.78 is 5.14. The molecule has 1 fully saturated rings. The summed E-state index contributed by atoms with van der Waals surface area (Å²) in [5.74, 6) is 0.523. The van der Waals surface area contributed by atoms with Crippen LogP contribution in [0.15, 0.2) is 18.2 Å². The highest BCUT2D eigenvalue weighted by molar-refractivity contribution is 5.89. The van der Waals surface area contributed by atoms with Gasteiger partial charge >= 0.3 is 0 Å². The first-order valence-electron chi connectivity index (χ1n) is 5.46. The van der Waals surface area contributed by atoms with Gasteiger partial charge in [0.05, 0.1) is 24.2 Å². The number of aryl methyl sites for hydroxylation is 1. The number of benzene rings is 1. The SMILES string of the molecule is Cc1nc2ccc(C3(C(N)=O)COC3)cc2[nH]1. The zero-order valence-corrected chi connectivity index (χ0v) is 9.49. The predicted molar refractivity (Wildman–Crippen MR) is 62.5 cm³/mol. The molecule has 2 aromatic rings. The number of aromatic nitrogens is 2. The molecule has 2 heterocycles. The molecular formula is C12H13N3O2. The zero-order chi connectivity index (χ0) is 12.0. The third-order valence-corrected chi connectivity index (χ3v) is 3.32. The summed E-state index contributed by atoms with van der Waals surface area (Å²) in [6, 6.07) is 5.73. The number of nitrogens with one attached hydrogen (secondary N) is 1. The molecule has 3 rings (SSSR count). The zero-order valence-electron chi connectivity index (χ0n) is 9.49. The van der Waals surface area contributed by atoms with Crippen molar-refractivity contribution in [2.45, 2.75) is 12.3 Å². The summed E-state index contributed by atoms with van der Waals surface area (Å²) in [5, 5.41) is 0. The molecule has 0 aliphatic carbocycles. The van der Waals surface area contributed by atoms with Crippen LogP contribution in [0.2, 0.25) is 0 Å². The van der Waals surface area contributed by atoms with Crippen molar-refractivity contribution in [1.82, 2.24) is 9.97 Å². The van der Waals surface area contributed by atoms with Gasteiger partial charge in [-0.25, -0.2) is 4.98 Å². The molecule has 0 atom stereocenters. The van der Waals surface area contributed by atoms with Gasteiger partial charge in [0.15, 0.2) is 0 Å². The van der Waals surface area contributed by atoms with Gasteiger partial charge in [-0.2, -0.15) is 0 Å². The number of carbonyl (C=O) groups excluding carboxylic acids is 1. The van der Waals surface area contributed by atoms with Crippen LogP contribution in [-0.2, 0) is 14.9 Å². The number of ether oxygens (including phenoxy) is 1. The molecule has 0 unspecified atom stereocenters. The number of nitrogens with zero attached hydrogens (tertiary/aromatic N) is 1. The van der Waals surface area contributed by atoms with Gasteiger partial charge in [0.1, 0.15) is 11.2 Å². The second-order valence-electron chi connectivity index (χ2n) is 4.49. The van der Waals surface area contributed by atoms with Crippen LogP contribution in [0.25, 0.3) is 11.0 Å². The fourth-order valence-electron chi connectivity index (χ4n) is 2.19. The molecule has 0 saturated carbocycles. The Morgan fingerprint density at radius 3 is 2.88 bits per heavy atom. The van der Waals surface area contributed by atoms with Gasteiger partial charge in [0.2, 0.25) is 5.91 Å². The van der Waals surface area contributed by atoms with Crippen molar-refractivity contribution in [2.75, 3.05) is 13.2 Å². The van der Waals surface area contributed by atoms with E-state index in [9.17, 15) is 4.79 Å². The lowest BCUT2D eigenvalue weighted by molar-refractivity contribution is -0.141. The van der Waals surface area contributed by atoms with E-state index >= 15 is 0 Å². The summed E-state index contributed by atoms with van der Waals surface area (Å²) in [4.78, 5) is 19.0. The Balaban J connectivity index is 2.14. The summed E-state index contributed by atoms with van der Waals surface area (Å²) in [6.45, 7) is 2.62. The highest BCUT2D eigenvalue weighted by Crippen LogP contribution is 2.33. The lowest BCUT2D eigenvalue weighted by Gasteiger charge is -2.38. The minimum atomic E-state index is -0.660. The Bertz CT molecular complexity index is 599. The van der Waals surface area contributed by atoms with Crippen LogP contribution < -0.4 is 5.73 Å². The highest BCUT2D eigenvalue weighted by atomic mass is 16.5. The van der Waals surface area contributed by atoms with Gasteiger partial charge < -0.3 is 15.5 Å². The largest absolute Gasteiger partial charge is 0.378 e. The minimum Gasteiger partial charge on any atom is -0.378 e. The Labute approximate surface area is 98.0 Å². The van der Waals surface area contributed by atoms with Gasteiger partial charge in [-0.05, 0) is 24.6 Å². The maximum atomic E-state index is 11.6. The van der Waals surface area contributed by atoms with E-state index in [2.05, 4.69) is 9.97 Å². The summed E-state index contributed by atoms with van der Waals surface area (Å²) >= 11 is 0. The number of fused-ring (bicyclic) bond motifs is 1. The number of H-pyrrole nitrogens is 1. The van der Waals surface area contributed by atoms with Gasteiger partial charge in [-0.3, -0.25) is 4.79 Å². The monoisotopic (exact) mass is 231 g/mol. The van der Waals surface area contributed by atoms with Crippen molar-refractivity contribution in [1.29, 1.82) is 0 Å². The predicted octanol–water partition coefficient (Wildman–Crippen LogP) is 0.625. The summed E-state index contributed by atoms with van der Waals surface area (Å²) in [5.41, 5.74) is 7.52. The molecule has 1 saturated heterocycles. The summed E-state index contributed by atoms with van der Waals surface area (Å²) in [6.07, 6.45) is 0. The van der Waals surface area contributed by atoms with E-state index in [0.29, 0.717) is 13.2 Å². The average molecular weight is 231 g/mol. The number of nitrogens with two attached hydrogens (primary N) is 1. The van der Waals surface area contributed by atoms with Crippen molar-refractivity contribution in [3.63, 3.8) is 0 Å². The molecule has 1 aliphatic heterocycles. The first-order chi connectivity index (χ1) is 8.12. The van der Waals surface area contributed by atoms with Crippen LogP contribution in [-0.4, -0.2) is 29.1 Å². The summed E-state index contributed by atoms with van der Waals surface area (Å²) in [7, 11) is 0. The lowest BCUT2D eigenvalue weighted by atomic mass is 9.78. The number of amides is 1. The van der Waals surface area contributed by atoms with Crippen LogP contribution in [0.4, 0.5) is 0 Å². The van der Waals surface area contributed by atoms with Gasteiger partial charge in [-0.1, -0.05) is 6.07 Å². The van der Waals surface area contributed by atoms with E-state index in [1.165, 1.54) is 0 Å². The molecule has 1 aromatic carbocycles. The molecule has 0 spiro atoms. The molecule has 1 aliphatic rings. The Morgan fingerprint density at radius 2 is 2.29 bits per heavy atom. The molecule has 88 valence electrons. The molecule has 3 N–H and O–H groups in total. The smallest absolute Gasteiger partial charge is 0.232 e. The van der Waals surface area contributed by atoms with Crippen molar-refractivity contribution < 1.29 is 9.53 Å². The fourth-order valence-corrected chi connectivity index (χ4v) is 2.19. The molecule has 1 amide bonds. The number of imidazole rings is 1. The first kappa shape index (κ1) is 10.3. The van der Waals surface area contributed by atoms with Crippen LogP contribution in [0.3, 0.4) is 0 Å². The van der Waals surface area contributed by atoms with Gasteiger partial charge in [-0.15, -0.1) is 0 Å². The second kappa shape index (κ2) is 3.30. The fraction of sp³-hybridized carbons (Fsp3) is 0.333. The number of hydrogen-bond donors (Lipinski definition) is 2. The molecule has 0 bridgehead atoms. The van der Waals surface area contributed by atoms with E-state index in [1.54, 1.807) is 0 Å². The molecule has 5 nitrogen and oxygen atoms in total. The maximum absolute atomic E-state index is 11.6. The Hall–Kier alpha value is -1.88. The molecule has 17 heavy (non-hydrogen) atoms. The number of primary amides is 1. The van der Waals surface area contributed by atoms with E-state index in [4.69, 9.17) is 10.5 Å². The normalized spacial score (nSPS) is 17.9. The van der Waals surface area contributed by atoms with Crippen molar-refractivity contribution in [2.24, 2.45) is 5.73 Å². The Morgan fingerprint density at radius 1 is 1.53 bits per heavy atom. The van der Waals surface area contributed by atoms with Crippen molar-refractivity contribution in [3.8, 4) is 0 Å². The third kappa shape index (κ3) is 1.36. The average Bonchev–Trinajstić information content (AvgIpc) is 2.54. The van der Waals surface area contributed by atoms with Gasteiger partial charge in [0, 0.05) is 0 Å². The van der Waals surface area contributed by atoms with E-state index < -0.39 is 5.41 Å². The van der Waals surface area contributed by atoms with Crippen molar-refractivity contribution in [3.05, 3.63) is 29.6 Å². The molecule has 0 radical (unpaired) electrons. The standard InChI is InChI=1S/C12H13N3O2/c1-7-14-9-3-2-8(4-10(9)15-7)12(11(13)16)5-17-6-12/h2-4H,5-6H2,1H3,(H2,13,16)(H,14,15). The van der Waals surface area contributed by atoms with Crippen LogP contribution >= 0.6 is 0 Å². The van der Waals surface area contributed by atoms with Crippen LogP contribution in [0, 0.1) is 6.92 Å². The van der Waals surface area contributed by atoms with E-state index in [1.807, 2.05) is 25.1 Å². The number of hydrogen-bond acceptors (Lipinski definition) is 3. The second-order valence-corrected chi connectivity index (χ2v) is 4.49. The van der Waals surface area contributed by atoms with E-state index in [0.717, 1.165) is 22.4 Å². The Kier molecular flexibility index (Phi) is 2.00. The van der Waals surface area contributed by atoms with Crippen molar-refractivity contribution >= 4 is 16.9 Å².